The second kappa shape index (κ2) is 5.32. The molecule has 0 aliphatic carbocycles. The lowest BCUT2D eigenvalue weighted by Gasteiger charge is -2.06. The van der Waals surface area contributed by atoms with Crippen LogP contribution in [0.25, 0.3) is 0 Å². The summed E-state index contributed by atoms with van der Waals surface area (Å²) in [4.78, 5) is 11.2. The molecular weight excluding hydrogens is 224 g/mol. The molecule has 4 nitrogen and oxygen atoms in total. The molecule has 5 heteroatoms. The van der Waals surface area contributed by atoms with Crippen molar-refractivity contribution in [1.29, 1.82) is 0 Å². The molecule has 2 rings (SSSR count). The normalized spacial score (nSPS) is 19.9. The third-order valence-corrected chi connectivity index (χ3v) is 3.94. The first-order valence-corrected chi connectivity index (χ1v) is 6.32. The maximum Gasteiger partial charge on any atom is 0.269 e. The van der Waals surface area contributed by atoms with Gasteiger partial charge in [0.25, 0.3) is 5.69 Å². The van der Waals surface area contributed by atoms with Gasteiger partial charge >= 0.3 is 0 Å². The molecule has 1 atom stereocenters. The van der Waals surface area contributed by atoms with Gasteiger partial charge in [-0.3, -0.25) is 10.1 Å². The Bertz CT molecular complexity index is 361. The van der Waals surface area contributed by atoms with Crippen molar-refractivity contribution in [3.05, 3.63) is 34.4 Å². The maximum atomic E-state index is 10.5. The van der Waals surface area contributed by atoms with Gasteiger partial charge in [-0.15, -0.1) is 11.8 Å². The number of nitrogens with one attached hydrogen (secondary N) is 1. The molecule has 1 unspecified atom stereocenters. The molecule has 1 fully saturated rings. The zero-order chi connectivity index (χ0) is 11.4. The molecule has 0 bridgehead atoms. The predicted octanol–water partition coefficient (Wildman–Crippen LogP) is 2.30. The monoisotopic (exact) mass is 238 g/mol. The Hall–Kier alpha value is -1.07. The Balaban J connectivity index is 1.87. The average Bonchev–Trinajstić information content (AvgIpc) is 2.80. The van der Waals surface area contributed by atoms with E-state index in [0.717, 1.165) is 29.7 Å². The van der Waals surface area contributed by atoms with Crippen LogP contribution in [-0.4, -0.2) is 23.8 Å². The van der Waals surface area contributed by atoms with Gasteiger partial charge in [0, 0.05) is 22.8 Å². The molecule has 0 saturated carbocycles. The zero-order valence-corrected chi connectivity index (χ0v) is 9.70. The van der Waals surface area contributed by atoms with Crippen LogP contribution in [0.5, 0.6) is 0 Å². The van der Waals surface area contributed by atoms with Gasteiger partial charge in [-0.2, -0.15) is 0 Å². The molecule has 1 aromatic carbocycles. The highest BCUT2D eigenvalue weighted by Gasteiger charge is 2.14. The first kappa shape index (κ1) is 11.4. The van der Waals surface area contributed by atoms with Crippen LogP contribution in [0.2, 0.25) is 0 Å². The van der Waals surface area contributed by atoms with E-state index < -0.39 is 0 Å². The highest BCUT2D eigenvalue weighted by Crippen LogP contribution is 2.25. The minimum atomic E-state index is -0.366. The fourth-order valence-corrected chi connectivity index (χ4v) is 2.78. The Morgan fingerprint density at radius 2 is 2.19 bits per heavy atom. The maximum absolute atomic E-state index is 10.5. The third kappa shape index (κ3) is 2.96. The third-order valence-electron chi connectivity index (χ3n) is 2.70. The van der Waals surface area contributed by atoms with Gasteiger partial charge < -0.3 is 5.32 Å². The van der Waals surface area contributed by atoms with E-state index in [1.54, 1.807) is 23.9 Å². The van der Waals surface area contributed by atoms with E-state index >= 15 is 0 Å². The summed E-state index contributed by atoms with van der Waals surface area (Å²) in [6.07, 6.45) is 1.24. The molecule has 0 spiro atoms. The van der Waals surface area contributed by atoms with E-state index in [0.29, 0.717) is 0 Å². The minimum Gasteiger partial charge on any atom is -0.316 e. The van der Waals surface area contributed by atoms with Gasteiger partial charge in [-0.25, -0.2) is 0 Å². The van der Waals surface area contributed by atoms with Gasteiger partial charge in [0.05, 0.1) is 4.92 Å². The molecule has 1 aliphatic heterocycles. The second-order valence-corrected chi connectivity index (χ2v) is 5.01. The molecule has 1 heterocycles. The average molecular weight is 238 g/mol. The summed E-state index contributed by atoms with van der Waals surface area (Å²) in [6, 6.07) is 6.78. The lowest BCUT2D eigenvalue weighted by molar-refractivity contribution is -0.384. The molecule has 1 aromatic rings. The van der Waals surface area contributed by atoms with Crippen molar-refractivity contribution < 1.29 is 4.92 Å². The van der Waals surface area contributed by atoms with Gasteiger partial charge in [-0.05, 0) is 37.6 Å². The number of nitro benzene ring substituents is 1. The number of nitro groups is 1. The first-order valence-electron chi connectivity index (χ1n) is 5.33. The summed E-state index contributed by atoms with van der Waals surface area (Å²) in [5.41, 5.74) is 0.159. The first-order chi connectivity index (χ1) is 7.75. The molecule has 16 heavy (non-hydrogen) atoms. The predicted molar refractivity (Wildman–Crippen MR) is 64.8 cm³/mol. The van der Waals surface area contributed by atoms with Gasteiger partial charge in [0.2, 0.25) is 0 Å². The van der Waals surface area contributed by atoms with Crippen LogP contribution in [0, 0.1) is 16.0 Å². The van der Waals surface area contributed by atoms with Crippen LogP contribution >= 0.6 is 11.8 Å². The zero-order valence-electron chi connectivity index (χ0n) is 8.89. The van der Waals surface area contributed by atoms with E-state index in [2.05, 4.69) is 5.32 Å². The van der Waals surface area contributed by atoms with E-state index in [1.165, 1.54) is 6.42 Å². The summed E-state index contributed by atoms with van der Waals surface area (Å²) in [5, 5.41) is 13.8. The van der Waals surface area contributed by atoms with Crippen molar-refractivity contribution in [2.45, 2.75) is 11.3 Å². The number of nitrogens with zero attached hydrogens (tertiary/aromatic N) is 1. The van der Waals surface area contributed by atoms with Crippen molar-refractivity contribution in [2.24, 2.45) is 5.92 Å². The summed E-state index contributed by atoms with van der Waals surface area (Å²) in [7, 11) is 0. The van der Waals surface area contributed by atoms with E-state index in [-0.39, 0.29) is 10.6 Å². The molecule has 0 amide bonds. The smallest absolute Gasteiger partial charge is 0.269 e. The van der Waals surface area contributed by atoms with E-state index in [1.807, 2.05) is 12.1 Å². The number of non-ortho nitro benzene ring substituents is 1. The van der Waals surface area contributed by atoms with Crippen molar-refractivity contribution >= 4 is 17.4 Å². The van der Waals surface area contributed by atoms with Crippen molar-refractivity contribution in [1.82, 2.24) is 5.32 Å². The lowest BCUT2D eigenvalue weighted by Crippen LogP contribution is -2.10. The molecule has 1 saturated heterocycles. The van der Waals surface area contributed by atoms with Crippen LogP contribution in [0.3, 0.4) is 0 Å². The van der Waals surface area contributed by atoms with Crippen molar-refractivity contribution in [3.63, 3.8) is 0 Å². The number of thioether (sulfide) groups is 1. The van der Waals surface area contributed by atoms with Gasteiger partial charge in [0.15, 0.2) is 0 Å². The molecule has 0 aromatic heterocycles. The Morgan fingerprint density at radius 1 is 1.44 bits per heavy atom. The Kier molecular flexibility index (Phi) is 3.79. The molecule has 1 N–H and O–H groups in total. The quantitative estimate of drug-likeness (QED) is 0.497. The highest BCUT2D eigenvalue weighted by molar-refractivity contribution is 7.99. The minimum absolute atomic E-state index is 0.159. The molecule has 0 radical (unpaired) electrons. The summed E-state index contributed by atoms with van der Waals surface area (Å²) < 4.78 is 0. The largest absolute Gasteiger partial charge is 0.316 e. The van der Waals surface area contributed by atoms with Crippen molar-refractivity contribution in [2.75, 3.05) is 18.8 Å². The van der Waals surface area contributed by atoms with Crippen LogP contribution in [-0.2, 0) is 0 Å². The highest BCUT2D eigenvalue weighted by atomic mass is 32.2. The topological polar surface area (TPSA) is 55.2 Å². The molecule has 1 aliphatic rings. The number of hydrogen-bond acceptors (Lipinski definition) is 4. The fraction of sp³-hybridized carbons (Fsp3) is 0.455. The van der Waals surface area contributed by atoms with Gasteiger partial charge in [-0.1, -0.05) is 0 Å². The van der Waals surface area contributed by atoms with Crippen LogP contribution in [0.1, 0.15) is 6.42 Å². The summed E-state index contributed by atoms with van der Waals surface area (Å²) >= 11 is 1.78. The Morgan fingerprint density at radius 3 is 2.75 bits per heavy atom. The SMILES string of the molecule is O=[N+]([O-])c1ccc(SCC2CCNC2)cc1. The standard InChI is InChI=1S/C11H14N2O2S/c14-13(15)10-1-3-11(4-2-10)16-8-9-5-6-12-7-9/h1-4,9,12H,5-8H2. The second-order valence-electron chi connectivity index (χ2n) is 3.92. The van der Waals surface area contributed by atoms with E-state index in [4.69, 9.17) is 0 Å². The summed E-state index contributed by atoms with van der Waals surface area (Å²) in [5.74, 6) is 1.82. The number of rotatable bonds is 4. The molecule has 86 valence electrons. The van der Waals surface area contributed by atoms with Crippen LogP contribution in [0.4, 0.5) is 5.69 Å². The van der Waals surface area contributed by atoms with Gasteiger partial charge in [0.1, 0.15) is 0 Å². The fourth-order valence-electron chi connectivity index (χ4n) is 1.73. The van der Waals surface area contributed by atoms with E-state index in [9.17, 15) is 10.1 Å². The van der Waals surface area contributed by atoms with Crippen LogP contribution in [0.15, 0.2) is 29.2 Å². The summed E-state index contributed by atoms with van der Waals surface area (Å²) in [6.45, 7) is 2.21. The van der Waals surface area contributed by atoms with Crippen molar-refractivity contribution in [3.8, 4) is 0 Å². The Labute approximate surface area is 98.6 Å². The molecular formula is C11H14N2O2S. The number of hydrogen-bond donors (Lipinski definition) is 1. The lowest BCUT2D eigenvalue weighted by atomic mass is 10.2. The number of benzene rings is 1. The van der Waals surface area contributed by atoms with Crippen LogP contribution < -0.4 is 5.32 Å².